The number of rotatable bonds is 7. The highest BCUT2D eigenvalue weighted by atomic mass is 35.5. The molecule has 4 rings (SSSR count). The minimum Gasteiger partial charge on any atom is -0.463 e. The lowest BCUT2D eigenvalue weighted by Crippen LogP contribution is -2.26. The number of nitrogens with one attached hydrogen (secondary N) is 1. The average molecular weight is 503 g/mol. The monoisotopic (exact) mass is 502 g/mol. The molecule has 1 fully saturated rings. The fourth-order valence-electron chi connectivity index (χ4n) is 4.19. The summed E-state index contributed by atoms with van der Waals surface area (Å²) in [6.45, 7) is 1.98. The van der Waals surface area contributed by atoms with Crippen molar-refractivity contribution in [3.05, 3.63) is 73.8 Å². The van der Waals surface area contributed by atoms with Crippen molar-refractivity contribution >= 4 is 40.9 Å². The first-order chi connectivity index (χ1) is 16.4. The Morgan fingerprint density at radius 1 is 1.18 bits per heavy atom. The number of carbonyl (C=O) groups is 2. The number of hydrogen-bond acceptors (Lipinski definition) is 7. The van der Waals surface area contributed by atoms with Crippen LogP contribution in [0.4, 0.5) is 5.69 Å². The summed E-state index contributed by atoms with van der Waals surface area (Å²) in [5.41, 5.74) is 0.235. The zero-order chi connectivity index (χ0) is 24.2. The van der Waals surface area contributed by atoms with Crippen LogP contribution in [0.3, 0.4) is 0 Å². The number of benzene rings is 2. The predicted octanol–water partition coefficient (Wildman–Crippen LogP) is 5.85. The Kier molecular flexibility index (Phi) is 7.43. The number of fused-ring (bicyclic) bond motifs is 1. The molecule has 2 unspecified atom stereocenters. The lowest BCUT2D eigenvalue weighted by atomic mass is 9.84. The molecular weight excluding hydrogens is 480 g/mol. The summed E-state index contributed by atoms with van der Waals surface area (Å²) in [4.78, 5) is 36.7. The first-order valence-corrected chi connectivity index (χ1v) is 12.2. The Morgan fingerprint density at radius 2 is 1.91 bits per heavy atom. The van der Waals surface area contributed by atoms with Crippen LogP contribution in [0.5, 0.6) is 11.5 Å². The van der Waals surface area contributed by atoms with Gasteiger partial charge in [-0.1, -0.05) is 24.4 Å². The topological polar surface area (TPSA) is 108 Å². The van der Waals surface area contributed by atoms with Crippen LogP contribution >= 0.6 is 23.4 Å². The van der Waals surface area contributed by atoms with Crippen LogP contribution in [0.2, 0.25) is 5.02 Å². The third kappa shape index (κ3) is 5.20. The van der Waals surface area contributed by atoms with E-state index in [2.05, 4.69) is 5.32 Å². The SMILES string of the molecule is CCOC(=O)C1=C(NC(=O)c2ccc(Oc3ccc(Cl)cc3)c([N+](=O)[O-])c2)SC2CCCCC12. The number of halogens is 1. The van der Waals surface area contributed by atoms with Crippen molar-refractivity contribution in [2.45, 2.75) is 37.9 Å². The van der Waals surface area contributed by atoms with Gasteiger partial charge in [-0.3, -0.25) is 14.9 Å². The Bertz CT molecular complexity index is 1150. The number of nitro benzene ring substituents is 1. The molecule has 1 amide bonds. The van der Waals surface area contributed by atoms with Crippen molar-refractivity contribution in [3.8, 4) is 11.5 Å². The Hall–Kier alpha value is -3.04. The molecular formula is C24H23ClN2O6S. The lowest BCUT2D eigenvalue weighted by Gasteiger charge is -2.25. The summed E-state index contributed by atoms with van der Waals surface area (Å²) in [5, 5.41) is 15.7. The van der Waals surface area contributed by atoms with E-state index in [9.17, 15) is 19.7 Å². The van der Waals surface area contributed by atoms with Gasteiger partial charge in [0.1, 0.15) is 5.75 Å². The van der Waals surface area contributed by atoms with Crippen LogP contribution in [-0.2, 0) is 9.53 Å². The van der Waals surface area contributed by atoms with Crippen molar-refractivity contribution in [2.75, 3.05) is 6.61 Å². The van der Waals surface area contributed by atoms with E-state index >= 15 is 0 Å². The van der Waals surface area contributed by atoms with Gasteiger partial charge in [0.05, 0.1) is 22.1 Å². The second-order valence-corrected chi connectivity index (χ2v) is 9.65. The number of ether oxygens (including phenoxy) is 2. The predicted molar refractivity (Wildman–Crippen MR) is 129 cm³/mol. The number of hydrogen-bond donors (Lipinski definition) is 1. The number of amides is 1. The summed E-state index contributed by atoms with van der Waals surface area (Å²) in [5.74, 6) is -0.547. The van der Waals surface area contributed by atoms with Gasteiger partial charge in [-0.2, -0.15) is 0 Å². The summed E-state index contributed by atoms with van der Waals surface area (Å²) >= 11 is 7.34. The van der Waals surface area contributed by atoms with Gasteiger partial charge < -0.3 is 14.8 Å². The van der Waals surface area contributed by atoms with E-state index in [-0.39, 0.29) is 34.8 Å². The van der Waals surface area contributed by atoms with Crippen molar-refractivity contribution in [3.63, 3.8) is 0 Å². The molecule has 0 radical (unpaired) electrons. The minimum absolute atomic E-state index is 0.00318. The first-order valence-electron chi connectivity index (χ1n) is 11.0. The zero-order valence-corrected chi connectivity index (χ0v) is 20.0. The second-order valence-electron chi connectivity index (χ2n) is 7.96. The van der Waals surface area contributed by atoms with Crippen LogP contribution < -0.4 is 10.1 Å². The number of nitro groups is 1. The molecule has 1 saturated carbocycles. The van der Waals surface area contributed by atoms with Gasteiger partial charge in [0.25, 0.3) is 5.91 Å². The van der Waals surface area contributed by atoms with Gasteiger partial charge in [0.2, 0.25) is 5.75 Å². The van der Waals surface area contributed by atoms with E-state index in [0.717, 1.165) is 31.7 Å². The number of carbonyl (C=O) groups excluding carboxylic acids is 2. The molecule has 2 atom stereocenters. The lowest BCUT2D eigenvalue weighted by molar-refractivity contribution is -0.385. The van der Waals surface area contributed by atoms with E-state index < -0.39 is 16.8 Å². The van der Waals surface area contributed by atoms with Gasteiger partial charge in [0.15, 0.2) is 0 Å². The molecule has 0 bridgehead atoms. The van der Waals surface area contributed by atoms with Gasteiger partial charge in [0, 0.05) is 27.8 Å². The van der Waals surface area contributed by atoms with Crippen molar-refractivity contribution in [1.82, 2.24) is 5.32 Å². The first kappa shape index (κ1) is 24.1. The average Bonchev–Trinajstić information content (AvgIpc) is 3.18. The molecule has 34 heavy (non-hydrogen) atoms. The van der Waals surface area contributed by atoms with Crippen molar-refractivity contribution < 1.29 is 24.0 Å². The van der Waals surface area contributed by atoms with E-state index in [1.165, 1.54) is 23.9 Å². The highest BCUT2D eigenvalue weighted by Crippen LogP contribution is 2.48. The van der Waals surface area contributed by atoms with Crippen LogP contribution in [0.1, 0.15) is 43.0 Å². The van der Waals surface area contributed by atoms with Crippen LogP contribution in [0, 0.1) is 16.0 Å². The number of esters is 1. The summed E-state index contributed by atoms with van der Waals surface area (Å²) in [6, 6.07) is 10.4. The van der Waals surface area contributed by atoms with Crippen molar-refractivity contribution in [1.29, 1.82) is 0 Å². The van der Waals surface area contributed by atoms with Gasteiger partial charge in [-0.25, -0.2) is 4.79 Å². The van der Waals surface area contributed by atoms with Crippen LogP contribution in [-0.4, -0.2) is 28.7 Å². The van der Waals surface area contributed by atoms with Crippen LogP contribution in [0.15, 0.2) is 53.1 Å². The smallest absolute Gasteiger partial charge is 0.336 e. The standard InChI is InChI=1S/C24H23ClN2O6S/c1-2-32-24(29)21-17-5-3-4-6-20(17)34-23(21)26-22(28)14-7-12-19(18(13-14)27(30)31)33-16-10-8-15(25)9-11-16/h7-13,17,20H,2-6H2,1H3,(H,26,28). The summed E-state index contributed by atoms with van der Waals surface area (Å²) in [6.07, 6.45) is 3.92. The third-order valence-corrected chi connectivity index (χ3v) is 7.45. The minimum atomic E-state index is -0.607. The number of nitrogens with zero attached hydrogens (tertiary/aromatic N) is 1. The Balaban J connectivity index is 1.58. The molecule has 0 saturated heterocycles. The maximum atomic E-state index is 13.0. The molecule has 10 heteroatoms. The molecule has 1 aliphatic carbocycles. The Labute approximate surface area is 205 Å². The second kappa shape index (κ2) is 10.5. The van der Waals surface area contributed by atoms with E-state index in [4.69, 9.17) is 21.1 Å². The van der Waals surface area contributed by atoms with E-state index in [0.29, 0.717) is 21.4 Å². The zero-order valence-electron chi connectivity index (χ0n) is 18.4. The van der Waals surface area contributed by atoms with E-state index in [1.807, 2.05) is 0 Å². The maximum absolute atomic E-state index is 13.0. The quantitative estimate of drug-likeness (QED) is 0.287. The van der Waals surface area contributed by atoms with Gasteiger partial charge in [-0.15, -0.1) is 11.8 Å². The molecule has 1 aliphatic heterocycles. The largest absolute Gasteiger partial charge is 0.463 e. The molecule has 1 N–H and O–H groups in total. The highest BCUT2D eigenvalue weighted by Gasteiger charge is 2.41. The van der Waals surface area contributed by atoms with Gasteiger partial charge >= 0.3 is 11.7 Å². The fraction of sp³-hybridized carbons (Fsp3) is 0.333. The molecule has 2 aromatic rings. The Morgan fingerprint density at radius 3 is 2.62 bits per heavy atom. The summed E-state index contributed by atoms with van der Waals surface area (Å²) < 4.78 is 10.9. The van der Waals surface area contributed by atoms with Crippen LogP contribution in [0.25, 0.3) is 0 Å². The molecule has 2 aliphatic rings. The highest BCUT2D eigenvalue weighted by molar-refractivity contribution is 8.04. The van der Waals surface area contributed by atoms with E-state index in [1.54, 1.807) is 31.2 Å². The molecule has 2 aromatic carbocycles. The molecule has 178 valence electrons. The fourth-order valence-corrected chi connectivity index (χ4v) is 5.86. The number of thioether (sulfide) groups is 1. The molecule has 0 spiro atoms. The normalized spacial score (nSPS) is 19.4. The summed E-state index contributed by atoms with van der Waals surface area (Å²) in [7, 11) is 0. The molecule has 8 nitrogen and oxygen atoms in total. The maximum Gasteiger partial charge on any atom is 0.336 e. The third-order valence-electron chi connectivity index (χ3n) is 5.77. The molecule has 1 heterocycles. The molecule has 0 aromatic heterocycles. The van der Waals surface area contributed by atoms with Crippen molar-refractivity contribution in [2.24, 2.45) is 5.92 Å². The van der Waals surface area contributed by atoms with Gasteiger partial charge in [-0.05, 0) is 56.2 Å².